The predicted molar refractivity (Wildman–Crippen MR) is 152 cm³/mol. The molecule has 1 N–H and O–H groups in total. The molecule has 1 amide bonds. The topological polar surface area (TPSA) is 62.5 Å². The van der Waals surface area contributed by atoms with Crippen LogP contribution in [0.25, 0.3) is 16.9 Å². The van der Waals surface area contributed by atoms with Crippen molar-refractivity contribution in [3.05, 3.63) is 112 Å². The van der Waals surface area contributed by atoms with Crippen molar-refractivity contribution >= 4 is 46.3 Å². The number of benzene rings is 3. The summed E-state index contributed by atoms with van der Waals surface area (Å²) in [4.78, 5) is 19.6. The fraction of sp³-hybridized carbons (Fsp3) is 0.167. The van der Waals surface area contributed by atoms with Gasteiger partial charge in [-0.15, -0.1) is 0 Å². The number of rotatable bonds is 7. The van der Waals surface area contributed by atoms with Crippen molar-refractivity contribution in [2.24, 2.45) is 0 Å². The highest BCUT2D eigenvalue weighted by Crippen LogP contribution is 2.40. The predicted octanol–water partition coefficient (Wildman–Crippen LogP) is 7.60. The Bertz CT molecular complexity index is 1610. The summed E-state index contributed by atoms with van der Waals surface area (Å²) in [5, 5.41) is 9.40. The van der Waals surface area contributed by atoms with Gasteiger partial charge in [0.25, 0.3) is 5.91 Å². The number of hydrogen-bond acceptors (Lipinski definition) is 4. The maximum atomic E-state index is 13.1. The van der Waals surface area contributed by atoms with Crippen molar-refractivity contribution in [2.75, 3.05) is 12.4 Å². The van der Waals surface area contributed by atoms with Crippen LogP contribution in [0.1, 0.15) is 40.4 Å². The first kappa shape index (κ1) is 24.5. The Hall–Kier alpha value is -3.87. The second-order valence-corrected chi connectivity index (χ2v) is 10.4. The van der Waals surface area contributed by atoms with Gasteiger partial charge in [-0.1, -0.05) is 59.6 Å². The monoisotopic (exact) mass is 541 g/mol. The van der Waals surface area contributed by atoms with E-state index in [1.807, 2.05) is 65.2 Å². The molecule has 38 heavy (non-hydrogen) atoms. The lowest BCUT2D eigenvalue weighted by atomic mass is 10.1. The maximum Gasteiger partial charge on any atom is 0.253 e. The van der Waals surface area contributed by atoms with Crippen molar-refractivity contribution < 1.29 is 4.79 Å². The second-order valence-electron chi connectivity index (χ2n) is 9.57. The van der Waals surface area contributed by atoms with Gasteiger partial charge in [0, 0.05) is 64.1 Å². The Kier molecular flexibility index (Phi) is 6.52. The number of amides is 1. The fourth-order valence-corrected chi connectivity index (χ4v) is 4.99. The highest BCUT2D eigenvalue weighted by molar-refractivity contribution is 6.36. The van der Waals surface area contributed by atoms with E-state index in [-0.39, 0.29) is 5.91 Å². The van der Waals surface area contributed by atoms with Crippen molar-refractivity contribution in [2.45, 2.75) is 25.3 Å². The smallest absolute Gasteiger partial charge is 0.253 e. The van der Waals surface area contributed by atoms with Crippen LogP contribution in [0.3, 0.4) is 0 Å². The first-order valence-corrected chi connectivity index (χ1v) is 13.2. The molecule has 0 atom stereocenters. The Morgan fingerprint density at radius 3 is 2.37 bits per heavy atom. The quantitative estimate of drug-likeness (QED) is 0.230. The molecule has 0 radical (unpaired) electrons. The third-order valence-electron chi connectivity index (χ3n) is 6.72. The minimum Gasteiger partial charge on any atom is -0.340 e. The number of fused-ring (bicyclic) bond motifs is 1. The second kappa shape index (κ2) is 10.1. The van der Waals surface area contributed by atoms with Crippen molar-refractivity contribution in [1.29, 1.82) is 0 Å². The van der Waals surface area contributed by atoms with Gasteiger partial charge >= 0.3 is 0 Å². The normalized spacial score (nSPS) is 13.0. The Balaban J connectivity index is 1.25. The molecule has 1 aliphatic carbocycles. The molecule has 0 unspecified atom stereocenters. The van der Waals surface area contributed by atoms with E-state index in [1.54, 1.807) is 30.1 Å². The van der Waals surface area contributed by atoms with Crippen LogP contribution in [-0.2, 0) is 6.54 Å². The van der Waals surface area contributed by atoms with E-state index < -0.39 is 0 Å². The Labute approximate surface area is 230 Å². The van der Waals surface area contributed by atoms with Gasteiger partial charge in [-0.3, -0.25) is 4.79 Å². The molecule has 6 nitrogen and oxygen atoms in total. The number of nitrogens with one attached hydrogen (secondary N) is 1. The van der Waals surface area contributed by atoms with Gasteiger partial charge in [0.2, 0.25) is 0 Å². The lowest BCUT2D eigenvalue weighted by molar-refractivity contribution is 0.0785. The van der Waals surface area contributed by atoms with Gasteiger partial charge in [-0.25, -0.2) is 4.98 Å². The van der Waals surface area contributed by atoms with E-state index in [9.17, 15) is 4.79 Å². The highest BCUT2D eigenvalue weighted by atomic mass is 35.5. The van der Waals surface area contributed by atoms with E-state index in [2.05, 4.69) is 11.4 Å². The Morgan fingerprint density at radius 1 is 0.974 bits per heavy atom. The van der Waals surface area contributed by atoms with E-state index in [0.717, 1.165) is 39.7 Å². The minimum absolute atomic E-state index is 0.119. The molecule has 0 aliphatic heterocycles. The first-order chi connectivity index (χ1) is 18.5. The molecule has 190 valence electrons. The molecule has 1 aliphatic rings. The average Bonchev–Trinajstić information content (AvgIpc) is 3.70. The maximum absolute atomic E-state index is 13.1. The van der Waals surface area contributed by atoms with Crippen molar-refractivity contribution in [3.63, 3.8) is 0 Å². The van der Waals surface area contributed by atoms with Crippen LogP contribution in [0.2, 0.25) is 10.0 Å². The summed E-state index contributed by atoms with van der Waals surface area (Å²) in [6.07, 6.45) is 2.34. The fourth-order valence-electron chi connectivity index (χ4n) is 4.47. The van der Waals surface area contributed by atoms with Gasteiger partial charge in [0.05, 0.1) is 11.4 Å². The number of carbonyl (C=O) groups excluding carboxylic acids is 1. The molecule has 1 saturated carbocycles. The summed E-state index contributed by atoms with van der Waals surface area (Å²) in [6, 6.07) is 26.9. The van der Waals surface area contributed by atoms with E-state index in [4.69, 9.17) is 33.3 Å². The summed E-state index contributed by atoms with van der Waals surface area (Å²) in [7, 11) is 1.74. The van der Waals surface area contributed by atoms with Crippen molar-refractivity contribution in [3.8, 4) is 11.3 Å². The highest BCUT2D eigenvalue weighted by Gasteiger charge is 2.27. The molecule has 0 spiro atoms. The number of anilines is 2. The Morgan fingerprint density at radius 2 is 1.68 bits per heavy atom. The third-order valence-corrected chi connectivity index (χ3v) is 7.43. The van der Waals surface area contributed by atoms with Crippen LogP contribution in [0.4, 0.5) is 11.5 Å². The number of carbonyl (C=O) groups is 1. The van der Waals surface area contributed by atoms with Crippen LogP contribution in [0.5, 0.6) is 0 Å². The van der Waals surface area contributed by atoms with Crippen molar-refractivity contribution in [1.82, 2.24) is 19.5 Å². The summed E-state index contributed by atoms with van der Waals surface area (Å²) in [5.74, 6) is 1.21. The van der Waals surface area contributed by atoms with Gasteiger partial charge in [-0.2, -0.15) is 9.61 Å². The zero-order valence-corrected chi connectivity index (χ0v) is 22.2. The molecule has 6 rings (SSSR count). The van der Waals surface area contributed by atoms with Crippen LogP contribution >= 0.6 is 23.2 Å². The van der Waals surface area contributed by atoms with Crippen LogP contribution in [0.15, 0.2) is 84.9 Å². The lowest BCUT2D eigenvalue weighted by Crippen LogP contribution is -2.26. The molecule has 0 saturated heterocycles. The molecular formula is C30H25Cl2N5O. The molecule has 2 aromatic heterocycles. The van der Waals surface area contributed by atoms with Gasteiger partial charge < -0.3 is 10.2 Å². The zero-order chi connectivity index (χ0) is 26.2. The van der Waals surface area contributed by atoms with Crippen LogP contribution < -0.4 is 5.32 Å². The van der Waals surface area contributed by atoms with Crippen LogP contribution in [-0.4, -0.2) is 32.5 Å². The average molecular weight is 542 g/mol. The number of hydrogen-bond donors (Lipinski definition) is 1. The zero-order valence-electron chi connectivity index (χ0n) is 20.7. The summed E-state index contributed by atoms with van der Waals surface area (Å²) in [6.45, 7) is 0.317. The lowest BCUT2D eigenvalue weighted by Gasteiger charge is -2.19. The molecule has 5 aromatic rings. The van der Waals surface area contributed by atoms with E-state index in [1.165, 1.54) is 12.8 Å². The third kappa shape index (κ3) is 4.97. The molecule has 1 fully saturated rings. The number of aromatic nitrogens is 3. The van der Waals surface area contributed by atoms with E-state index >= 15 is 0 Å². The largest absolute Gasteiger partial charge is 0.340 e. The first-order valence-electron chi connectivity index (χ1n) is 12.5. The van der Waals surface area contributed by atoms with Gasteiger partial charge in [0.1, 0.15) is 5.82 Å². The minimum atomic E-state index is -0.119. The summed E-state index contributed by atoms with van der Waals surface area (Å²) < 4.78 is 1.86. The molecule has 0 bridgehead atoms. The molecule has 2 heterocycles. The molecule has 3 aromatic carbocycles. The number of halogens is 2. The van der Waals surface area contributed by atoms with Crippen LogP contribution in [0, 0.1) is 0 Å². The summed E-state index contributed by atoms with van der Waals surface area (Å²) in [5.41, 5.74) is 5.93. The standard InChI is InChI=1S/C30H25Cl2N5O/c1-36(18-23-24(31)8-5-9-25(23)32)30(38)21-12-14-22(15-13-21)33-28-16-26(19-6-3-2-4-7-19)34-29-17-27(20-10-11-20)35-37(28)29/h2-9,12-17,20,33H,10-11,18H2,1H3. The van der Waals surface area contributed by atoms with Gasteiger partial charge in [-0.05, 0) is 49.2 Å². The van der Waals surface area contributed by atoms with Gasteiger partial charge in [0.15, 0.2) is 5.65 Å². The number of nitrogens with zero attached hydrogens (tertiary/aromatic N) is 4. The summed E-state index contributed by atoms with van der Waals surface area (Å²) >= 11 is 12.6. The molecular weight excluding hydrogens is 517 g/mol. The van der Waals surface area contributed by atoms with E-state index in [0.29, 0.717) is 28.1 Å². The molecule has 8 heteroatoms. The SMILES string of the molecule is CN(Cc1c(Cl)cccc1Cl)C(=O)c1ccc(Nc2cc(-c3ccccc3)nc3cc(C4CC4)nn23)cc1.